The molecule has 0 bridgehead atoms. The lowest BCUT2D eigenvalue weighted by Gasteiger charge is -2.28. The maximum Gasteiger partial charge on any atom is 0.254 e. The third-order valence-corrected chi connectivity index (χ3v) is 3.22. The predicted molar refractivity (Wildman–Crippen MR) is 76.3 cm³/mol. The van der Waals surface area contributed by atoms with Gasteiger partial charge in [-0.15, -0.1) is 12.4 Å². The molecule has 1 atom stereocenters. The standard InChI is InChI=1S/C14H20N2O.ClH/c1-2-10-16(13-8-9-15-11-13)14(17)12-6-4-3-5-7-12;/h3-7,13,15H,2,8-11H2,1H3;1H. The number of nitrogens with one attached hydrogen (secondary N) is 1. The monoisotopic (exact) mass is 268 g/mol. The minimum Gasteiger partial charge on any atom is -0.334 e. The summed E-state index contributed by atoms with van der Waals surface area (Å²) in [5, 5.41) is 3.32. The van der Waals surface area contributed by atoms with Gasteiger partial charge in [0.1, 0.15) is 0 Å². The molecule has 0 saturated carbocycles. The minimum absolute atomic E-state index is 0. The Morgan fingerprint density at radius 3 is 2.67 bits per heavy atom. The molecule has 4 heteroatoms. The van der Waals surface area contributed by atoms with Gasteiger partial charge in [0.05, 0.1) is 0 Å². The van der Waals surface area contributed by atoms with Gasteiger partial charge in [-0.05, 0) is 31.5 Å². The first-order valence-corrected chi connectivity index (χ1v) is 6.39. The molecule has 0 spiro atoms. The fourth-order valence-electron chi connectivity index (χ4n) is 2.34. The van der Waals surface area contributed by atoms with Crippen LogP contribution in [0.5, 0.6) is 0 Å². The topological polar surface area (TPSA) is 32.3 Å². The number of hydrogen-bond donors (Lipinski definition) is 1. The van der Waals surface area contributed by atoms with E-state index in [4.69, 9.17) is 0 Å². The second kappa shape index (κ2) is 7.39. The number of carbonyl (C=O) groups excluding carboxylic acids is 1. The molecule has 1 saturated heterocycles. The molecule has 1 heterocycles. The van der Waals surface area contributed by atoms with Crippen molar-refractivity contribution in [3.63, 3.8) is 0 Å². The van der Waals surface area contributed by atoms with Crippen LogP contribution in [0.25, 0.3) is 0 Å². The summed E-state index contributed by atoms with van der Waals surface area (Å²) >= 11 is 0. The number of amides is 1. The second-order valence-corrected chi connectivity index (χ2v) is 4.51. The Bertz CT molecular complexity index is 363. The molecule has 1 aromatic carbocycles. The van der Waals surface area contributed by atoms with E-state index in [9.17, 15) is 4.79 Å². The molecular formula is C14H21ClN2O. The fraction of sp³-hybridized carbons (Fsp3) is 0.500. The highest BCUT2D eigenvalue weighted by Crippen LogP contribution is 2.13. The van der Waals surface area contributed by atoms with E-state index in [-0.39, 0.29) is 18.3 Å². The maximum absolute atomic E-state index is 12.4. The van der Waals surface area contributed by atoms with E-state index in [0.29, 0.717) is 6.04 Å². The summed E-state index contributed by atoms with van der Waals surface area (Å²) in [6.45, 7) is 4.92. The van der Waals surface area contributed by atoms with Crippen molar-refractivity contribution in [1.29, 1.82) is 0 Å². The van der Waals surface area contributed by atoms with Crippen LogP contribution in [0.3, 0.4) is 0 Å². The molecule has 1 unspecified atom stereocenters. The molecule has 1 aliphatic heterocycles. The van der Waals surface area contributed by atoms with Crippen molar-refractivity contribution in [3.05, 3.63) is 35.9 Å². The third-order valence-electron chi connectivity index (χ3n) is 3.22. The molecule has 1 N–H and O–H groups in total. The van der Waals surface area contributed by atoms with Crippen molar-refractivity contribution in [1.82, 2.24) is 10.2 Å². The van der Waals surface area contributed by atoms with Gasteiger partial charge in [0, 0.05) is 24.7 Å². The molecule has 1 aliphatic rings. The van der Waals surface area contributed by atoms with E-state index in [1.54, 1.807) is 0 Å². The molecular weight excluding hydrogens is 248 g/mol. The lowest BCUT2D eigenvalue weighted by atomic mass is 10.1. The van der Waals surface area contributed by atoms with Crippen LogP contribution in [0, 0.1) is 0 Å². The van der Waals surface area contributed by atoms with E-state index in [1.807, 2.05) is 35.2 Å². The maximum atomic E-state index is 12.4. The molecule has 2 rings (SSSR count). The normalized spacial score (nSPS) is 18.2. The summed E-state index contributed by atoms with van der Waals surface area (Å²) in [4.78, 5) is 14.4. The van der Waals surface area contributed by atoms with Crippen LogP contribution in [-0.2, 0) is 0 Å². The summed E-state index contributed by atoms with van der Waals surface area (Å²) in [6.07, 6.45) is 2.08. The number of halogens is 1. The second-order valence-electron chi connectivity index (χ2n) is 4.51. The number of rotatable bonds is 4. The predicted octanol–water partition coefficient (Wildman–Crippen LogP) is 2.32. The van der Waals surface area contributed by atoms with Crippen LogP contribution in [0.4, 0.5) is 0 Å². The van der Waals surface area contributed by atoms with Crippen molar-refractivity contribution < 1.29 is 4.79 Å². The molecule has 1 amide bonds. The average Bonchev–Trinajstić information content (AvgIpc) is 2.90. The number of nitrogens with zero attached hydrogens (tertiary/aromatic N) is 1. The Hall–Kier alpha value is -1.06. The van der Waals surface area contributed by atoms with Gasteiger partial charge in [-0.2, -0.15) is 0 Å². The summed E-state index contributed by atoms with van der Waals surface area (Å²) in [7, 11) is 0. The van der Waals surface area contributed by atoms with Crippen LogP contribution in [0.1, 0.15) is 30.1 Å². The largest absolute Gasteiger partial charge is 0.334 e. The average molecular weight is 269 g/mol. The molecule has 0 aliphatic carbocycles. The van der Waals surface area contributed by atoms with Crippen LogP contribution in [0.2, 0.25) is 0 Å². The number of hydrogen-bond acceptors (Lipinski definition) is 2. The fourth-order valence-corrected chi connectivity index (χ4v) is 2.34. The smallest absolute Gasteiger partial charge is 0.254 e. The molecule has 3 nitrogen and oxygen atoms in total. The molecule has 18 heavy (non-hydrogen) atoms. The quantitative estimate of drug-likeness (QED) is 0.909. The summed E-state index contributed by atoms with van der Waals surface area (Å²) in [5.74, 6) is 0.168. The van der Waals surface area contributed by atoms with Crippen LogP contribution in [-0.4, -0.2) is 36.5 Å². The van der Waals surface area contributed by atoms with Gasteiger partial charge in [0.25, 0.3) is 5.91 Å². The van der Waals surface area contributed by atoms with Gasteiger partial charge in [0.2, 0.25) is 0 Å². The lowest BCUT2D eigenvalue weighted by molar-refractivity contribution is 0.0692. The van der Waals surface area contributed by atoms with Crippen molar-refractivity contribution in [2.24, 2.45) is 0 Å². The van der Waals surface area contributed by atoms with Gasteiger partial charge in [0.15, 0.2) is 0 Å². The van der Waals surface area contributed by atoms with Gasteiger partial charge in [-0.1, -0.05) is 25.1 Å². The van der Waals surface area contributed by atoms with Crippen molar-refractivity contribution >= 4 is 18.3 Å². The first-order chi connectivity index (χ1) is 8.33. The summed E-state index contributed by atoms with van der Waals surface area (Å²) < 4.78 is 0. The summed E-state index contributed by atoms with van der Waals surface area (Å²) in [5.41, 5.74) is 0.799. The Balaban J connectivity index is 0.00000162. The van der Waals surface area contributed by atoms with Crippen molar-refractivity contribution in [2.75, 3.05) is 19.6 Å². The molecule has 0 aromatic heterocycles. The lowest BCUT2D eigenvalue weighted by Crippen LogP contribution is -2.42. The Morgan fingerprint density at radius 1 is 1.39 bits per heavy atom. The molecule has 1 fully saturated rings. The zero-order chi connectivity index (χ0) is 12.1. The minimum atomic E-state index is 0. The SMILES string of the molecule is CCCN(C(=O)c1ccccc1)C1CCNC1.Cl. The molecule has 0 radical (unpaired) electrons. The highest BCUT2D eigenvalue weighted by Gasteiger charge is 2.26. The van der Waals surface area contributed by atoms with Crippen molar-refractivity contribution in [3.8, 4) is 0 Å². The Kier molecular flexibility index (Phi) is 6.16. The first-order valence-electron chi connectivity index (χ1n) is 6.39. The van der Waals surface area contributed by atoms with Gasteiger partial charge < -0.3 is 10.2 Å². The zero-order valence-corrected chi connectivity index (χ0v) is 11.6. The number of carbonyl (C=O) groups is 1. The van der Waals surface area contributed by atoms with E-state index in [1.165, 1.54) is 0 Å². The molecule has 100 valence electrons. The van der Waals surface area contributed by atoms with Crippen molar-refractivity contribution in [2.45, 2.75) is 25.8 Å². The third kappa shape index (κ3) is 3.47. The highest BCUT2D eigenvalue weighted by atomic mass is 35.5. The Labute approximate surface area is 115 Å². The van der Waals surface area contributed by atoms with Crippen LogP contribution >= 0.6 is 12.4 Å². The number of benzene rings is 1. The Morgan fingerprint density at radius 2 is 2.11 bits per heavy atom. The van der Waals surface area contributed by atoms with E-state index >= 15 is 0 Å². The van der Waals surface area contributed by atoms with Gasteiger partial charge >= 0.3 is 0 Å². The van der Waals surface area contributed by atoms with Crippen LogP contribution in [0.15, 0.2) is 30.3 Å². The van der Waals surface area contributed by atoms with E-state index in [2.05, 4.69) is 12.2 Å². The molecule has 1 aromatic rings. The van der Waals surface area contributed by atoms with E-state index < -0.39 is 0 Å². The van der Waals surface area contributed by atoms with E-state index in [0.717, 1.165) is 38.0 Å². The van der Waals surface area contributed by atoms with Gasteiger partial charge in [-0.25, -0.2) is 0 Å². The highest BCUT2D eigenvalue weighted by molar-refractivity contribution is 5.94. The zero-order valence-electron chi connectivity index (χ0n) is 10.8. The van der Waals surface area contributed by atoms with Crippen LogP contribution < -0.4 is 5.32 Å². The summed E-state index contributed by atoms with van der Waals surface area (Å²) in [6, 6.07) is 9.94. The van der Waals surface area contributed by atoms with Gasteiger partial charge in [-0.3, -0.25) is 4.79 Å². The first kappa shape index (κ1) is 15.0.